The van der Waals surface area contributed by atoms with Gasteiger partial charge in [-0.1, -0.05) is 36.4 Å². The van der Waals surface area contributed by atoms with Gasteiger partial charge in [-0.2, -0.15) is 5.10 Å². The van der Waals surface area contributed by atoms with E-state index >= 15 is 0 Å². The van der Waals surface area contributed by atoms with E-state index in [1.807, 2.05) is 60.0 Å². The number of anilines is 1. The van der Waals surface area contributed by atoms with E-state index in [1.165, 1.54) is 17.3 Å². The highest BCUT2D eigenvalue weighted by molar-refractivity contribution is 5.96. The van der Waals surface area contributed by atoms with Crippen molar-refractivity contribution in [2.24, 2.45) is 0 Å². The molecule has 0 aliphatic heterocycles. The topological polar surface area (TPSA) is 77.1 Å². The number of rotatable bonds is 4. The Kier molecular flexibility index (Phi) is 3.96. The van der Waals surface area contributed by atoms with Crippen LogP contribution >= 0.6 is 0 Å². The van der Waals surface area contributed by atoms with Gasteiger partial charge < -0.3 is 5.32 Å². The van der Waals surface area contributed by atoms with Crippen LogP contribution < -0.4 is 5.32 Å². The zero-order valence-electron chi connectivity index (χ0n) is 14.5. The molecule has 0 bridgehead atoms. The molecular weight excluding hydrogens is 328 g/mol. The van der Waals surface area contributed by atoms with Crippen LogP contribution in [0.4, 0.5) is 5.82 Å². The standard InChI is InChI=1S/C19H18N6O/c1-13-7-6-10-24-17(13)22-16(15-8-4-3-5-9-15)18(24)23-19(26)14(2)25-12-20-11-21-25/h3-12,14H,1-2H3,(H,23,26)/t14-/m0/s1. The third kappa shape index (κ3) is 2.73. The van der Waals surface area contributed by atoms with Gasteiger partial charge in [-0.25, -0.2) is 14.6 Å². The maximum absolute atomic E-state index is 12.8. The van der Waals surface area contributed by atoms with Gasteiger partial charge in [0.2, 0.25) is 5.91 Å². The second-order valence-corrected chi connectivity index (χ2v) is 6.10. The first-order valence-corrected chi connectivity index (χ1v) is 8.33. The number of nitrogens with one attached hydrogen (secondary N) is 1. The van der Waals surface area contributed by atoms with E-state index in [0.717, 1.165) is 22.5 Å². The van der Waals surface area contributed by atoms with Gasteiger partial charge in [-0.15, -0.1) is 0 Å². The van der Waals surface area contributed by atoms with Gasteiger partial charge in [0.15, 0.2) is 0 Å². The fourth-order valence-electron chi connectivity index (χ4n) is 2.88. The van der Waals surface area contributed by atoms with Crippen molar-refractivity contribution in [1.82, 2.24) is 24.1 Å². The Morgan fingerprint density at radius 2 is 1.96 bits per heavy atom. The summed E-state index contributed by atoms with van der Waals surface area (Å²) < 4.78 is 3.43. The smallest absolute Gasteiger partial charge is 0.250 e. The number of hydrogen-bond acceptors (Lipinski definition) is 4. The Bertz CT molecular complexity index is 1050. The van der Waals surface area contributed by atoms with Gasteiger partial charge in [0, 0.05) is 11.8 Å². The molecule has 0 fully saturated rings. The highest BCUT2D eigenvalue weighted by atomic mass is 16.2. The molecule has 1 N–H and O–H groups in total. The van der Waals surface area contributed by atoms with Crippen LogP contribution in [0.25, 0.3) is 16.9 Å². The number of carbonyl (C=O) groups is 1. The van der Waals surface area contributed by atoms with Gasteiger partial charge in [-0.3, -0.25) is 9.20 Å². The minimum Gasteiger partial charge on any atom is -0.308 e. The van der Waals surface area contributed by atoms with Gasteiger partial charge in [0.05, 0.1) is 0 Å². The van der Waals surface area contributed by atoms with Crippen molar-refractivity contribution < 1.29 is 4.79 Å². The van der Waals surface area contributed by atoms with Gasteiger partial charge in [0.25, 0.3) is 0 Å². The average Bonchev–Trinajstić information content (AvgIpc) is 3.31. The lowest BCUT2D eigenvalue weighted by Crippen LogP contribution is -2.25. The fraction of sp³-hybridized carbons (Fsp3) is 0.158. The first kappa shape index (κ1) is 16.0. The fourth-order valence-corrected chi connectivity index (χ4v) is 2.88. The second-order valence-electron chi connectivity index (χ2n) is 6.10. The van der Waals surface area contributed by atoms with E-state index in [9.17, 15) is 4.79 Å². The molecule has 26 heavy (non-hydrogen) atoms. The predicted molar refractivity (Wildman–Crippen MR) is 98.7 cm³/mol. The largest absolute Gasteiger partial charge is 0.308 e. The van der Waals surface area contributed by atoms with Crippen LogP contribution in [-0.2, 0) is 4.79 Å². The van der Waals surface area contributed by atoms with Crippen molar-refractivity contribution in [2.75, 3.05) is 5.32 Å². The van der Waals surface area contributed by atoms with Crippen LogP contribution in [0.5, 0.6) is 0 Å². The zero-order chi connectivity index (χ0) is 18.1. The van der Waals surface area contributed by atoms with Crippen molar-refractivity contribution in [1.29, 1.82) is 0 Å². The molecule has 7 heteroatoms. The summed E-state index contributed by atoms with van der Waals surface area (Å²) in [4.78, 5) is 21.5. The van der Waals surface area contributed by atoms with Crippen LogP contribution in [0.2, 0.25) is 0 Å². The predicted octanol–water partition coefficient (Wildman–Crippen LogP) is 3.10. The second kappa shape index (κ2) is 6.44. The highest BCUT2D eigenvalue weighted by Crippen LogP contribution is 2.30. The molecule has 1 aromatic carbocycles. The van der Waals surface area contributed by atoms with Crippen LogP contribution in [0, 0.1) is 6.92 Å². The van der Waals surface area contributed by atoms with Crippen LogP contribution in [0.3, 0.4) is 0 Å². The molecule has 130 valence electrons. The minimum absolute atomic E-state index is 0.184. The number of aryl methyl sites for hydroxylation is 1. The lowest BCUT2D eigenvalue weighted by Gasteiger charge is -2.13. The quantitative estimate of drug-likeness (QED) is 0.616. The number of hydrogen-bond donors (Lipinski definition) is 1. The van der Waals surface area contributed by atoms with Gasteiger partial charge in [-0.05, 0) is 25.5 Å². The molecule has 0 aliphatic rings. The molecule has 0 saturated carbocycles. The number of benzene rings is 1. The molecule has 3 aromatic heterocycles. The lowest BCUT2D eigenvalue weighted by molar-refractivity contribution is -0.119. The van der Waals surface area contributed by atoms with Crippen molar-refractivity contribution in [3.05, 3.63) is 66.9 Å². The molecule has 1 amide bonds. The molecule has 1 atom stereocenters. The molecular formula is C19H18N6O. The summed E-state index contributed by atoms with van der Waals surface area (Å²) in [6, 6.07) is 13.3. The van der Waals surface area contributed by atoms with E-state index in [0.29, 0.717) is 5.82 Å². The first-order chi connectivity index (χ1) is 12.6. The third-order valence-electron chi connectivity index (χ3n) is 4.35. The molecule has 7 nitrogen and oxygen atoms in total. The average molecular weight is 346 g/mol. The molecule has 3 heterocycles. The summed E-state index contributed by atoms with van der Waals surface area (Å²) in [7, 11) is 0. The summed E-state index contributed by atoms with van der Waals surface area (Å²) >= 11 is 0. The molecule has 0 radical (unpaired) electrons. The minimum atomic E-state index is -0.489. The van der Waals surface area contributed by atoms with Crippen LogP contribution in [0.15, 0.2) is 61.3 Å². The van der Waals surface area contributed by atoms with Crippen molar-refractivity contribution in [3.63, 3.8) is 0 Å². The molecule has 0 spiro atoms. The number of fused-ring (bicyclic) bond motifs is 1. The summed E-state index contributed by atoms with van der Waals surface area (Å²) in [6.07, 6.45) is 4.84. The van der Waals surface area contributed by atoms with Crippen molar-refractivity contribution in [3.8, 4) is 11.3 Å². The maximum Gasteiger partial charge on any atom is 0.250 e. The molecule has 4 aromatic rings. The number of aromatic nitrogens is 5. The van der Waals surface area contributed by atoms with E-state index in [4.69, 9.17) is 4.98 Å². The summed E-state index contributed by atoms with van der Waals surface area (Å²) in [6.45, 7) is 3.78. The molecule has 0 saturated heterocycles. The highest BCUT2D eigenvalue weighted by Gasteiger charge is 2.21. The Morgan fingerprint density at radius 3 is 2.69 bits per heavy atom. The molecule has 0 unspecified atom stereocenters. The SMILES string of the molecule is Cc1cccn2c(NC(=O)[C@H](C)n3cncn3)c(-c3ccccc3)nc12. The summed E-state index contributed by atoms with van der Waals surface area (Å²) in [5.74, 6) is 0.461. The van der Waals surface area contributed by atoms with Gasteiger partial charge >= 0.3 is 0 Å². The number of imidazole rings is 1. The van der Waals surface area contributed by atoms with Gasteiger partial charge in [0.1, 0.15) is 35.9 Å². The van der Waals surface area contributed by atoms with Crippen molar-refractivity contribution in [2.45, 2.75) is 19.9 Å². The number of carbonyl (C=O) groups excluding carboxylic acids is 1. The zero-order valence-corrected chi connectivity index (χ0v) is 14.5. The maximum atomic E-state index is 12.8. The summed E-state index contributed by atoms with van der Waals surface area (Å²) in [5, 5.41) is 7.07. The normalized spacial score (nSPS) is 12.2. The third-order valence-corrected chi connectivity index (χ3v) is 4.35. The Hall–Kier alpha value is -3.48. The first-order valence-electron chi connectivity index (χ1n) is 8.33. The molecule has 4 rings (SSSR count). The van der Waals surface area contributed by atoms with E-state index in [1.54, 1.807) is 6.92 Å². The number of pyridine rings is 1. The Labute approximate surface area is 150 Å². The van der Waals surface area contributed by atoms with Crippen molar-refractivity contribution >= 4 is 17.4 Å². The molecule has 0 aliphatic carbocycles. The van der Waals surface area contributed by atoms with E-state index in [2.05, 4.69) is 15.4 Å². The lowest BCUT2D eigenvalue weighted by atomic mass is 10.1. The van der Waals surface area contributed by atoms with Crippen LogP contribution in [-0.4, -0.2) is 30.1 Å². The Morgan fingerprint density at radius 1 is 1.15 bits per heavy atom. The number of nitrogens with zero attached hydrogens (tertiary/aromatic N) is 5. The van der Waals surface area contributed by atoms with E-state index in [-0.39, 0.29) is 5.91 Å². The van der Waals surface area contributed by atoms with Crippen LogP contribution in [0.1, 0.15) is 18.5 Å². The number of amides is 1. The Balaban J connectivity index is 1.80. The summed E-state index contributed by atoms with van der Waals surface area (Å²) in [5.41, 5.74) is 3.53. The van der Waals surface area contributed by atoms with E-state index < -0.39 is 6.04 Å². The monoisotopic (exact) mass is 346 g/mol.